The Hall–Kier alpha value is -0.860. The normalized spacial score (nSPS) is 11.0. The van der Waals surface area contributed by atoms with Gasteiger partial charge in [-0.15, -0.1) is 24.0 Å². The van der Waals surface area contributed by atoms with Gasteiger partial charge in [0.1, 0.15) is 0 Å². The maximum atomic E-state index is 5.43. The van der Waals surface area contributed by atoms with Gasteiger partial charge in [0, 0.05) is 20.2 Å². The van der Waals surface area contributed by atoms with E-state index in [9.17, 15) is 0 Å². The summed E-state index contributed by atoms with van der Waals surface area (Å²) in [4.78, 5) is 4.64. The van der Waals surface area contributed by atoms with Crippen LogP contribution in [0.15, 0.2) is 29.3 Å². The highest BCUT2D eigenvalue weighted by molar-refractivity contribution is 14.0. The Labute approximate surface area is 157 Å². The summed E-state index contributed by atoms with van der Waals surface area (Å²) in [5, 5.41) is 6.53. The number of nitrogens with one attached hydrogen (secondary N) is 2. The third-order valence-electron chi connectivity index (χ3n) is 3.22. The van der Waals surface area contributed by atoms with Crippen molar-refractivity contribution in [2.75, 3.05) is 40.0 Å². The van der Waals surface area contributed by atoms with Gasteiger partial charge in [-0.05, 0) is 24.5 Å². The summed E-state index contributed by atoms with van der Waals surface area (Å²) in [6.07, 6.45) is 1.03. The van der Waals surface area contributed by atoms with E-state index >= 15 is 0 Å². The molecule has 0 aliphatic carbocycles. The average molecular weight is 435 g/mol. The monoisotopic (exact) mass is 435 g/mol. The molecule has 0 aliphatic heterocycles. The fraction of sp³-hybridized carbons (Fsp3) is 0.588. The van der Waals surface area contributed by atoms with Gasteiger partial charge in [0.25, 0.3) is 0 Å². The summed E-state index contributed by atoms with van der Waals surface area (Å²) in [7, 11) is 1.67. The summed E-state index contributed by atoms with van der Waals surface area (Å²) in [5.41, 5.74) is 2.63. The van der Waals surface area contributed by atoms with E-state index in [4.69, 9.17) is 9.47 Å². The van der Waals surface area contributed by atoms with Crippen LogP contribution < -0.4 is 10.6 Å². The Balaban J connectivity index is 0.00000484. The molecule has 0 atom stereocenters. The van der Waals surface area contributed by atoms with E-state index in [0.717, 1.165) is 25.5 Å². The lowest BCUT2D eigenvalue weighted by Crippen LogP contribution is -2.39. The third kappa shape index (κ3) is 9.78. The summed E-state index contributed by atoms with van der Waals surface area (Å²) in [6.45, 7) is 8.37. The van der Waals surface area contributed by atoms with E-state index in [1.807, 2.05) is 0 Å². The summed E-state index contributed by atoms with van der Waals surface area (Å²) in [6, 6.07) is 8.44. The Morgan fingerprint density at radius 1 is 1.04 bits per heavy atom. The maximum Gasteiger partial charge on any atom is 0.191 e. The van der Waals surface area contributed by atoms with Gasteiger partial charge in [0.2, 0.25) is 0 Å². The Kier molecular flexibility index (Phi) is 14.2. The molecule has 5 nitrogen and oxygen atoms in total. The number of hydrogen-bond donors (Lipinski definition) is 2. The van der Waals surface area contributed by atoms with Crippen molar-refractivity contribution in [3.8, 4) is 0 Å². The van der Waals surface area contributed by atoms with Crippen LogP contribution in [0.5, 0.6) is 0 Å². The van der Waals surface area contributed by atoms with Crippen LogP contribution in [0.3, 0.4) is 0 Å². The number of guanidine groups is 1. The van der Waals surface area contributed by atoms with Crippen LogP contribution in [0.25, 0.3) is 0 Å². The molecular formula is C17H30IN3O2. The molecule has 0 aromatic heterocycles. The van der Waals surface area contributed by atoms with Gasteiger partial charge in [0.05, 0.1) is 26.4 Å². The van der Waals surface area contributed by atoms with Crippen LogP contribution in [0, 0.1) is 0 Å². The van der Waals surface area contributed by atoms with Gasteiger partial charge < -0.3 is 20.1 Å². The van der Waals surface area contributed by atoms with Crippen molar-refractivity contribution in [3.05, 3.63) is 35.4 Å². The molecule has 6 heteroatoms. The molecule has 0 radical (unpaired) electrons. The minimum absolute atomic E-state index is 0. The zero-order chi connectivity index (χ0) is 16.0. The number of aryl methyl sites for hydroxylation is 1. The number of nitrogens with zero attached hydrogens (tertiary/aromatic N) is 1. The molecule has 0 amide bonds. The standard InChI is InChI=1S/C17H29N3O2.HI/c1-4-15-8-6-7-9-16(15)14-20-17(18-5-2)19-10-11-22-13-12-21-3;/h6-9H,4-5,10-14H2,1-3H3,(H2,18,19,20);1H. The van der Waals surface area contributed by atoms with Crippen LogP contribution in [0.2, 0.25) is 0 Å². The zero-order valence-electron chi connectivity index (χ0n) is 14.4. The van der Waals surface area contributed by atoms with E-state index in [2.05, 4.69) is 53.7 Å². The van der Waals surface area contributed by atoms with Crippen LogP contribution in [-0.2, 0) is 22.4 Å². The molecule has 132 valence electrons. The molecule has 1 rings (SSSR count). The number of benzene rings is 1. The van der Waals surface area contributed by atoms with E-state index in [1.54, 1.807) is 7.11 Å². The predicted molar refractivity (Wildman–Crippen MR) is 107 cm³/mol. The molecule has 1 aromatic rings. The molecule has 2 N–H and O–H groups in total. The predicted octanol–water partition coefficient (Wildman–Crippen LogP) is 2.59. The van der Waals surface area contributed by atoms with Crippen LogP contribution >= 0.6 is 24.0 Å². The molecule has 0 spiro atoms. The van der Waals surface area contributed by atoms with Gasteiger partial charge in [-0.2, -0.15) is 0 Å². The largest absolute Gasteiger partial charge is 0.382 e. The molecule has 0 bridgehead atoms. The Morgan fingerprint density at radius 3 is 2.43 bits per heavy atom. The summed E-state index contributed by atoms with van der Waals surface area (Å²) >= 11 is 0. The number of aliphatic imine (C=N–C) groups is 1. The van der Waals surface area contributed by atoms with Crippen LogP contribution in [0.4, 0.5) is 0 Å². The summed E-state index contributed by atoms with van der Waals surface area (Å²) < 4.78 is 10.4. The second kappa shape index (κ2) is 14.7. The average Bonchev–Trinajstić information content (AvgIpc) is 2.56. The van der Waals surface area contributed by atoms with Crippen molar-refractivity contribution in [1.29, 1.82) is 0 Å². The van der Waals surface area contributed by atoms with Gasteiger partial charge in [-0.3, -0.25) is 0 Å². The van der Waals surface area contributed by atoms with Crippen molar-refractivity contribution in [1.82, 2.24) is 10.6 Å². The molecule has 0 saturated carbocycles. The molecule has 0 fully saturated rings. The van der Waals surface area contributed by atoms with E-state index < -0.39 is 0 Å². The second-order valence-electron chi connectivity index (χ2n) is 4.85. The van der Waals surface area contributed by atoms with Gasteiger partial charge >= 0.3 is 0 Å². The first-order valence-corrected chi connectivity index (χ1v) is 7.97. The fourth-order valence-electron chi connectivity index (χ4n) is 2.05. The second-order valence-corrected chi connectivity index (χ2v) is 4.85. The lowest BCUT2D eigenvalue weighted by molar-refractivity contribution is 0.0733. The lowest BCUT2D eigenvalue weighted by atomic mass is 10.1. The Morgan fingerprint density at radius 2 is 1.78 bits per heavy atom. The highest BCUT2D eigenvalue weighted by Gasteiger charge is 2.01. The van der Waals surface area contributed by atoms with E-state index in [-0.39, 0.29) is 24.0 Å². The molecule has 23 heavy (non-hydrogen) atoms. The lowest BCUT2D eigenvalue weighted by Gasteiger charge is -2.12. The molecule has 0 unspecified atom stereocenters. The molecular weight excluding hydrogens is 405 g/mol. The topological polar surface area (TPSA) is 54.9 Å². The first-order valence-electron chi connectivity index (χ1n) is 7.97. The van der Waals surface area contributed by atoms with Crippen LogP contribution in [-0.4, -0.2) is 46.0 Å². The molecule has 0 heterocycles. The number of rotatable bonds is 10. The number of halogens is 1. The molecule has 0 saturated heterocycles. The molecule has 0 aliphatic rings. The molecule has 1 aromatic carbocycles. The quantitative estimate of drug-likeness (QED) is 0.257. The first kappa shape index (κ1) is 22.1. The fourth-order valence-corrected chi connectivity index (χ4v) is 2.05. The summed E-state index contributed by atoms with van der Waals surface area (Å²) in [5.74, 6) is 0.823. The maximum absolute atomic E-state index is 5.43. The van der Waals surface area contributed by atoms with Crippen molar-refractivity contribution in [2.24, 2.45) is 4.99 Å². The first-order chi connectivity index (χ1) is 10.8. The highest BCUT2D eigenvalue weighted by Crippen LogP contribution is 2.10. The van der Waals surface area contributed by atoms with Gasteiger partial charge in [-0.25, -0.2) is 4.99 Å². The van der Waals surface area contributed by atoms with Crippen molar-refractivity contribution in [2.45, 2.75) is 26.8 Å². The SMILES string of the molecule is CCNC(=NCc1ccccc1CC)NCCOCCOC.I. The minimum atomic E-state index is 0. The van der Waals surface area contributed by atoms with E-state index in [1.165, 1.54) is 11.1 Å². The minimum Gasteiger partial charge on any atom is -0.382 e. The van der Waals surface area contributed by atoms with Crippen molar-refractivity contribution < 1.29 is 9.47 Å². The van der Waals surface area contributed by atoms with Crippen molar-refractivity contribution >= 4 is 29.9 Å². The van der Waals surface area contributed by atoms with Gasteiger partial charge in [-0.1, -0.05) is 31.2 Å². The zero-order valence-corrected chi connectivity index (χ0v) is 16.8. The number of methoxy groups -OCH3 is 1. The van der Waals surface area contributed by atoms with Crippen molar-refractivity contribution in [3.63, 3.8) is 0 Å². The Bertz CT molecular complexity index is 442. The number of ether oxygens (including phenoxy) is 2. The van der Waals surface area contributed by atoms with E-state index in [0.29, 0.717) is 26.4 Å². The van der Waals surface area contributed by atoms with Crippen LogP contribution in [0.1, 0.15) is 25.0 Å². The number of hydrogen-bond acceptors (Lipinski definition) is 3. The third-order valence-corrected chi connectivity index (χ3v) is 3.22. The highest BCUT2D eigenvalue weighted by atomic mass is 127. The van der Waals surface area contributed by atoms with Gasteiger partial charge in [0.15, 0.2) is 5.96 Å². The smallest absolute Gasteiger partial charge is 0.191 e.